The van der Waals surface area contributed by atoms with Gasteiger partial charge in [0, 0.05) is 17.8 Å². The lowest BCUT2D eigenvalue weighted by atomic mass is 9.92. The molecule has 0 saturated heterocycles. The molecule has 176 valence electrons. The van der Waals surface area contributed by atoms with Gasteiger partial charge in [-0.05, 0) is 68.3 Å². The Morgan fingerprint density at radius 1 is 1.00 bits per heavy atom. The topological polar surface area (TPSA) is 102 Å². The number of amides is 1. The third kappa shape index (κ3) is 5.52. The molecule has 1 heterocycles. The van der Waals surface area contributed by atoms with Crippen molar-refractivity contribution < 1.29 is 22.7 Å². The summed E-state index contributed by atoms with van der Waals surface area (Å²) < 4.78 is 33.5. The Morgan fingerprint density at radius 2 is 1.71 bits per heavy atom. The van der Waals surface area contributed by atoms with Crippen LogP contribution in [0, 0.1) is 0 Å². The van der Waals surface area contributed by atoms with E-state index in [2.05, 4.69) is 10.0 Å². The molecule has 0 radical (unpaired) electrons. The first-order chi connectivity index (χ1) is 16.1. The standard InChI is InChI=1S/C26H26N2O5S/c1-26(2)17-23(29)22-16-19(8-13-24(22)33-26)25(30)28-20-9-11-21(12-10-20)34(31,32)27-15-14-18-6-4-3-5-7-18/h3-13,16,27H,14-15,17H2,1-2H3,(H,28,30). The number of hydrogen-bond acceptors (Lipinski definition) is 5. The van der Waals surface area contributed by atoms with Crippen LogP contribution < -0.4 is 14.8 Å². The number of fused-ring (bicyclic) bond motifs is 1. The van der Waals surface area contributed by atoms with E-state index in [1.54, 1.807) is 12.1 Å². The van der Waals surface area contributed by atoms with Gasteiger partial charge in [-0.15, -0.1) is 0 Å². The van der Waals surface area contributed by atoms with E-state index in [-0.39, 0.29) is 23.6 Å². The van der Waals surface area contributed by atoms with Gasteiger partial charge in [-0.25, -0.2) is 13.1 Å². The zero-order chi connectivity index (χ0) is 24.3. The number of Topliss-reactive ketones (excluding diaryl/α,β-unsaturated/α-hetero) is 1. The van der Waals surface area contributed by atoms with Crippen molar-refractivity contribution in [3.63, 3.8) is 0 Å². The number of carbonyl (C=O) groups excluding carboxylic acids is 2. The maximum absolute atomic E-state index is 12.7. The molecule has 1 aliphatic heterocycles. The van der Waals surface area contributed by atoms with Crippen LogP contribution in [0.1, 0.15) is 46.5 Å². The summed E-state index contributed by atoms with van der Waals surface area (Å²) in [5.74, 6) is -0.0145. The highest BCUT2D eigenvalue weighted by Crippen LogP contribution is 2.33. The number of ketones is 1. The van der Waals surface area contributed by atoms with Crippen molar-refractivity contribution in [3.05, 3.63) is 89.5 Å². The molecule has 34 heavy (non-hydrogen) atoms. The second-order valence-electron chi connectivity index (χ2n) is 8.78. The Hall–Kier alpha value is -3.49. The Balaban J connectivity index is 1.39. The second-order valence-corrected chi connectivity index (χ2v) is 10.6. The first-order valence-corrected chi connectivity index (χ1v) is 12.4. The zero-order valence-electron chi connectivity index (χ0n) is 19.0. The van der Waals surface area contributed by atoms with Crippen LogP contribution >= 0.6 is 0 Å². The third-order valence-corrected chi connectivity index (χ3v) is 6.96. The quantitative estimate of drug-likeness (QED) is 0.530. The number of anilines is 1. The number of nitrogens with one attached hydrogen (secondary N) is 2. The van der Waals surface area contributed by atoms with E-state index in [9.17, 15) is 18.0 Å². The van der Waals surface area contributed by atoms with E-state index in [1.807, 2.05) is 44.2 Å². The monoisotopic (exact) mass is 478 g/mol. The Labute approximate surface area is 199 Å². The van der Waals surface area contributed by atoms with E-state index in [0.29, 0.717) is 29.0 Å². The molecule has 0 atom stereocenters. The van der Waals surface area contributed by atoms with Crippen molar-refractivity contribution in [2.75, 3.05) is 11.9 Å². The van der Waals surface area contributed by atoms with E-state index < -0.39 is 21.5 Å². The summed E-state index contributed by atoms with van der Waals surface area (Å²) in [4.78, 5) is 25.3. The molecule has 4 rings (SSSR count). The van der Waals surface area contributed by atoms with Crippen LogP contribution in [-0.4, -0.2) is 32.3 Å². The predicted molar refractivity (Wildman–Crippen MR) is 130 cm³/mol. The number of benzene rings is 3. The third-order valence-electron chi connectivity index (χ3n) is 5.49. The molecule has 8 heteroatoms. The Bertz CT molecular complexity index is 1320. The van der Waals surface area contributed by atoms with Crippen LogP contribution in [0.15, 0.2) is 77.7 Å². The normalized spacial score (nSPS) is 14.7. The fraction of sp³-hybridized carbons (Fsp3) is 0.231. The summed E-state index contributed by atoms with van der Waals surface area (Å²) in [6, 6.07) is 20.3. The first-order valence-electron chi connectivity index (χ1n) is 10.9. The second kappa shape index (κ2) is 9.40. The van der Waals surface area contributed by atoms with Gasteiger partial charge in [-0.1, -0.05) is 30.3 Å². The molecule has 0 aliphatic carbocycles. The highest BCUT2D eigenvalue weighted by Gasteiger charge is 2.32. The van der Waals surface area contributed by atoms with Gasteiger partial charge in [-0.3, -0.25) is 9.59 Å². The minimum atomic E-state index is -3.67. The largest absolute Gasteiger partial charge is 0.487 e. The molecule has 0 aromatic heterocycles. The SMILES string of the molecule is CC1(C)CC(=O)c2cc(C(=O)Nc3ccc(S(=O)(=O)NCCc4ccccc4)cc3)ccc2O1. The van der Waals surface area contributed by atoms with E-state index >= 15 is 0 Å². The fourth-order valence-corrected chi connectivity index (χ4v) is 4.80. The summed E-state index contributed by atoms with van der Waals surface area (Å²) in [5.41, 5.74) is 1.61. The highest BCUT2D eigenvalue weighted by molar-refractivity contribution is 7.89. The van der Waals surface area contributed by atoms with Gasteiger partial charge in [0.1, 0.15) is 11.4 Å². The van der Waals surface area contributed by atoms with Crippen LogP contribution in [0.3, 0.4) is 0 Å². The molecule has 0 fully saturated rings. The molecule has 7 nitrogen and oxygen atoms in total. The number of hydrogen-bond donors (Lipinski definition) is 2. The Morgan fingerprint density at radius 3 is 2.41 bits per heavy atom. The number of rotatable bonds is 7. The van der Waals surface area contributed by atoms with E-state index in [1.165, 1.54) is 30.3 Å². The molecule has 1 amide bonds. The average molecular weight is 479 g/mol. The maximum atomic E-state index is 12.7. The van der Waals surface area contributed by atoms with Gasteiger partial charge >= 0.3 is 0 Å². The van der Waals surface area contributed by atoms with Crippen molar-refractivity contribution in [2.45, 2.75) is 37.2 Å². The lowest BCUT2D eigenvalue weighted by molar-refractivity contribution is 0.0620. The summed E-state index contributed by atoms with van der Waals surface area (Å²) >= 11 is 0. The van der Waals surface area contributed by atoms with Crippen molar-refractivity contribution in [3.8, 4) is 5.75 Å². The highest BCUT2D eigenvalue weighted by atomic mass is 32.2. The molecule has 3 aromatic carbocycles. The summed E-state index contributed by atoms with van der Waals surface area (Å²) in [7, 11) is -3.67. The lowest BCUT2D eigenvalue weighted by Gasteiger charge is -2.31. The fourth-order valence-electron chi connectivity index (χ4n) is 3.77. The van der Waals surface area contributed by atoms with E-state index in [0.717, 1.165) is 5.56 Å². The van der Waals surface area contributed by atoms with Crippen LogP contribution in [0.25, 0.3) is 0 Å². The lowest BCUT2D eigenvalue weighted by Crippen LogP contribution is -2.36. The van der Waals surface area contributed by atoms with Gasteiger partial charge < -0.3 is 10.1 Å². The predicted octanol–water partition coefficient (Wildman–Crippen LogP) is 4.20. The molecule has 0 spiro atoms. The summed E-state index contributed by atoms with van der Waals surface area (Å²) in [5, 5.41) is 2.73. The minimum absolute atomic E-state index is 0.0739. The Kier molecular flexibility index (Phi) is 6.54. The molecule has 2 N–H and O–H groups in total. The van der Waals surface area contributed by atoms with Crippen LogP contribution in [0.5, 0.6) is 5.75 Å². The minimum Gasteiger partial charge on any atom is -0.487 e. The number of ether oxygens (including phenoxy) is 1. The van der Waals surface area contributed by atoms with Crippen LogP contribution in [0.2, 0.25) is 0 Å². The van der Waals surface area contributed by atoms with Crippen LogP contribution in [0.4, 0.5) is 5.69 Å². The van der Waals surface area contributed by atoms with Gasteiger partial charge in [0.05, 0.1) is 16.9 Å². The molecular weight excluding hydrogens is 452 g/mol. The molecule has 0 saturated carbocycles. The van der Waals surface area contributed by atoms with Crippen LogP contribution in [-0.2, 0) is 16.4 Å². The number of carbonyl (C=O) groups is 2. The number of sulfonamides is 1. The van der Waals surface area contributed by atoms with Gasteiger partial charge in [-0.2, -0.15) is 0 Å². The van der Waals surface area contributed by atoms with Crippen molar-refractivity contribution in [2.24, 2.45) is 0 Å². The summed E-state index contributed by atoms with van der Waals surface area (Å²) in [6.07, 6.45) is 0.820. The van der Waals surface area contributed by atoms with Crippen molar-refractivity contribution >= 4 is 27.4 Å². The molecule has 3 aromatic rings. The van der Waals surface area contributed by atoms with Gasteiger partial charge in [0.15, 0.2) is 5.78 Å². The van der Waals surface area contributed by atoms with E-state index in [4.69, 9.17) is 4.74 Å². The maximum Gasteiger partial charge on any atom is 0.255 e. The van der Waals surface area contributed by atoms with Crippen molar-refractivity contribution in [1.82, 2.24) is 4.72 Å². The van der Waals surface area contributed by atoms with Gasteiger partial charge in [0.25, 0.3) is 5.91 Å². The molecule has 0 unspecified atom stereocenters. The first kappa shape index (κ1) is 23.7. The molecular formula is C26H26N2O5S. The zero-order valence-corrected chi connectivity index (χ0v) is 19.8. The molecule has 0 bridgehead atoms. The molecule has 1 aliphatic rings. The summed E-state index contributed by atoms with van der Waals surface area (Å²) in [6.45, 7) is 3.97. The van der Waals surface area contributed by atoms with Crippen molar-refractivity contribution in [1.29, 1.82) is 0 Å². The smallest absolute Gasteiger partial charge is 0.255 e. The average Bonchev–Trinajstić information content (AvgIpc) is 2.79. The van der Waals surface area contributed by atoms with Gasteiger partial charge in [0.2, 0.25) is 10.0 Å².